The number of nitrogens with one attached hydrogen (secondary N) is 1. The van der Waals surface area contributed by atoms with Crippen molar-refractivity contribution in [1.29, 1.82) is 0 Å². The second-order valence-electron chi connectivity index (χ2n) is 5.40. The molecule has 1 fully saturated rings. The molecule has 0 radical (unpaired) electrons. The zero-order chi connectivity index (χ0) is 15.5. The molecule has 1 atom stereocenters. The first-order chi connectivity index (χ1) is 10.7. The van der Waals surface area contributed by atoms with Crippen LogP contribution >= 0.6 is 12.4 Å². The Hall–Kier alpha value is -2.05. The summed E-state index contributed by atoms with van der Waals surface area (Å²) >= 11 is 0. The van der Waals surface area contributed by atoms with Gasteiger partial charge in [0, 0.05) is 31.9 Å². The quantitative estimate of drug-likeness (QED) is 0.927. The number of halogens is 1. The summed E-state index contributed by atoms with van der Waals surface area (Å²) in [5.41, 5.74) is 1.37. The molecule has 0 saturated carbocycles. The van der Waals surface area contributed by atoms with E-state index in [4.69, 9.17) is 4.74 Å². The lowest BCUT2D eigenvalue weighted by Gasteiger charge is -2.33. The fourth-order valence-electron chi connectivity index (χ4n) is 2.61. The van der Waals surface area contributed by atoms with Gasteiger partial charge in [0.1, 0.15) is 5.75 Å². The van der Waals surface area contributed by atoms with Crippen LogP contribution in [0.15, 0.2) is 36.5 Å². The number of methoxy groups -OCH3 is 1. The summed E-state index contributed by atoms with van der Waals surface area (Å²) in [5, 5.41) is 7.69. The van der Waals surface area contributed by atoms with Gasteiger partial charge < -0.3 is 15.0 Å². The van der Waals surface area contributed by atoms with E-state index >= 15 is 0 Å². The highest BCUT2D eigenvalue weighted by molar-refractivity contribution is 5.92. The van der Waals surface area contributed by atoms with Crippen LogP contribution in [0.4, 0.5) is 0 Å². The normalized spacial score (nSPS) is 17.5. The van der Waals surface area contributed by atoms with Crippen molar-refractivity contribution in [3.05, 3.63) is 42.2 Å². The molecule has 1 aromatic carbocycles. The third-order valence-corrected chi connectivity index (χ3v) is 3.91. The molecule has 1 aliphatic rings. The van der Waals surface area contributed by atoms with E-state index in [1.807, 2.05) is 42.3 Å². The predicted molar refractivity (Wildman–Crippen MR) is 90.7 cm³/mol. The fourth-order valence-corrected chi connectivity index (χ4v) is 2.61. The lowest BCUT2D eigenvalue weighted by atomic mass is 10.2. The third-order valence-electron chi connectivity index (χ3n) is 3.91. The number of hydrogen-bond donors (Lipinski definition) is 1. The molecule has 2 aromatic rings. The van der Waals surface area contributed by atoms with Gasteiger partial charge in [-0.2, -0.15) is 5.10 Å². The van der Waals surface area contributed by atoms with Crippen molar-refractivity contribution < 1.29 is 9.53 Å². The lowest BCUT2D eigenvalue weighted by molar-refractivity contribution is 0.0649. The molecule has 3 rings (SSSR count). The number of aromatic nitrogens is 2. The molecule has 1 saturated heterocycles. The second kappa shape index (κ2) is 7.48. The van der Waals surface area contributed by atoms with Gasteiger partial charge in [-0.1, -0.05) is 0 Å². The van der Waals surface area contributed by atoms with E-state index in [1.165, 1.54) is 0 Å². The van der Waals surface area contributed by atoms with Crippen molar-refractivity contribution in [3.8, 4) is 11.4 Å². The molecular weight excluding hydrogens is 316 g/mol. The minimum Gasteiger partial charge on any atom is -0.497 e. The van der Waals surface area contributed by atoms with Crippen molar-refractivity contribution in [3.63, 3.8) is 0 Å². The van der Waals surface area contributed by atoms with Gasteiger partial charge in [-0.25, -0.2) is 4.68 Å². The van der Waals surface area contributed by atoms with Gasteiger partial charge in [0.2, 0.25) is 0 Å². The van der Waals surface area contributed by atoms with Crippen LogP contribution in [0, 0.1) is 0 Å². The highest BCUT2D eigenvalue weighted by Gasteiger charge is 2.25. The third kappa shape index (κ3) is 3.65. The molecule has 2 heterocycles. The number of rotatable bonds is 3. The molecule has 0 bridgehead atoms. The number of benzene rings is 1. The van der Waals surface area contributed by atoms with Crippen molar-refractivity contribution in [2.75, 3.05) is 26.7 Å². The van der Waals surface area contributed by atoms with Crippen molar-refractivity contribution in [2.45, 2.75) is 13.0 Å². The smallest absolute Gasteiger partial charge is 0.274 e. The average molecular weight is 337 g/mol. The Morgan fingerprint density at radius 3 is 2.70 bits per heavy atom. The molecule has 1 aromatic heterocycles. The first kappa shape index (κ1) is 17.3. The van der Waals surface area contributed by atoms with Crippen LogP contribution in [0.2, 0.25) is 0 Å². The number of hydrogen-bond acceptors (Lipinski definition) is 4. The molecule has 1 amide bonds. The minimum atomic E-state index is -0.0127. The van der Waals surface area contributed by atoms with Gasteiger partial charge in [0.25, 0.3) is 5.91 Å². The Balaban J connectivity index is 0.00000192. The van der Waals surface area contributed by atoms with Gasteiger partial charge in [-0.3, -0.25) is 4.79 Å². The summed E-state index contributed by atoms with van der Waals surface area (Å²) in [6.07, 6.45) is 1.81. The Bertz CT molecular complexity index is 656. The van der Waals surface area contributed by atoms with E-state index in [0.29, 0.717) is 5.69 Å². The van der Waals surface area contributed by atoms with E-state index in [-0.39, 0.29) is 24.4 Å². The first-order valence-corrected chi connectivity index (χ1v) is 7.41. The maximum atomic E-state index is 12.6. The molecule has 0 spiro atoms. The molecule has 1 aliphatic heterocycles. The summed E-state index contributed by atoms with van der Waals surface area (Å²) in [6, 6.07) is 9.52. The molecule has 6 nitrogen and oxygen atoms in total. The SMILES string of the molecule is COc1ccc(-n2ccc(C(=O)N3CCNC[C@@H]3C)n2)cc1.Cl. The molecular formula is C16H21ClN4O2. The van der Waals surface area contributed by atoms with Gasteiger partial charge in [-0.15, -0.1) is 12.4 Å². The zero-order valence-corrected chi connectivity index (χ0v) is 14.0. The van der Waals surface area contributed by atoms with Gasteiger partial charge >= 0.3 is 0 Å². The summed E-state index contributed by atoms with van der Waals surface area (Å²) in [7, 11) is 1.63. The van der Waals surface area contributed by atoms with Crippen LogP contribution in [-0.4, -0.2) is 53.4 Å². The summed E-state index contributed by atoms with van der Waals surface area (Å²) in [4.78, 5) is 14.4. The summed E-state index contributed by atoms with van der Waals surface area (Å²) in [6.45, 7) is 4.42. The minimum absolute atomic E-state index is 0. The van der Waals surface area contributed by atoms with Crippen LogP contribution in [-0.2, 0) is 0 Å². The Morgan fingerprint density at radius 1 is 1.30 bits per heavy atom. The van der Waals surface area contributed by atoms with Gasteiger partial charge in [-0.05, 0) is 37.3 Å². The van der Waals surface area contributed by atoms with Crippen LogP contribution in [0.5, 0.6) is 5.75 Å². The highest BCUT2D eigenvalue weighted by atomic mass is 35.5. The Kier molecular flexibility index (Phi) is 5.63. The number of amides is 1. The van der Waals surface area contributed by atoms with Crippen LogP contribution in [0.1, 0.15) is 17.4 Å². The molecule has 23 heavy (non-hydrogen) atoms. The zero-order valence-electron chi connectivity index (χ0n) is 13.2. The van der Waals surface area contributed by atoms with E-state index in [1.54, 1.807) is 17.9 Å². The predicted octanol–water partition coefficient (Wildman–Crippen LogP) is 1.74. The number of nitrogens with zero attached hydrogens (tertiary/aromatic N) is 3. The molecule has 0 aliphatic carbocycles. The van der Waals surface area contributed by atoms with Crippen molar-refractivity contribution in [1.82, 2.24) is 20.0 Å². The highest BCUT2D eigenvalue weighted by Crippen LogP contribution is 2.15. The number of ether oxygens (including phenoxy) is 1. The van der Waals surface area contributed by atoms with E-state index < -0.39 is 0 Å². The van der Waals surface area contributed by atoms with Gasteiger partial charge in [0.05, 0.1) is 12.8 Å². The van der Waals surface area contributed by atoms with Crippen LogP contribution < -0.4 is 10.1 Å². The standard InChI is InChI=1S/C16H20N4O2.ClH/c1-12-11-17-8-10-19(12)16(21)15-7-9-20(18-15)13-3-5-14(22-2)6-4-13;/h3-7,9,12,17H,8,10-11H2,1-2H3;1H/t12-;/m0./s1. The number of carbonyl (C=O) groups is 1. The molecule has 0 unspecified atom stereocenters. The maximum absolute atomic E-state index is 12.6. The van der Waals surface area contributed by atoms with E-state index in [0.717, 1.165) is 31.1 Å². The Morgan fingerprint density at radius 2 is 2.04 bits per heavy atom. The number of carbonyl (C=O) groups excluding carboxylic acids is 1. The average Bonchev–Trinajstić information content (AvgIpc) is 3.05. The molecule has 124 valence electrons. The van der Waals surface area contributed by atoms with Gasteiger partial charge in [0.15, 0.2) is 5.69 Å². The van der Waals surface area contributed by atoms with Crippen molar-refractivity contribution >= 4 is 18.3 Å². The maximum Gasteiger partial charge on any atom is 0.274 e. The number of piperazine rings is 1. The lowest BCUT2D eigenvalue weighted by Crippen LogP contribution is -2.52. The topological polar surface area (TPSA) is 59.4 Å². The molecule has 7 heteroatoms. The molecule has 1 N–H and O–H groups in total. The Labute approximate surface area is 141 Å². The fraction of sp³-hybridized carbons (Fsp3) is 0.375. The summed E-state index contributed by atoms with van der Waals surface area (Å²) < 4.78 is 6.85. The second-order valence-corrected chi connectivity index (χ2v) is 5.40. The largest absolute Gasteiger partial charge is 0.497 e. The monoisotopic (exact) mass is 336 g/mol. The van der Waals surface area contributed by atoms with E-state index in [9.17, 15) is 4.79 Å². The van der Waals surface area contributed by atoms with Crippen molar-refractivity contribution in [2.24, 2.45) is 0 Å². The first-order valence-electron chi connectivity index (χ1n) is 7.41. The van der Waals surface area contributed by atoms with Crippen LogP contribution in [0.25, 0.3) is 5.69 Å². The summed E-state index contributed by atoms with van der Waals surface area (Å²) in [5.74, 6) is 0.781. The van der Waals surface area contributed by atoms with E-state index in [2.05, 4.69) is 10.4 Å². The van der Waals surface area contributed by atoms with Crippen LogP contribution in [0.3, 0.4) is 0 Å².